The van der Waals surface area contributed by atoms with Crippen LogP contribution in [0.4, 0.5) is 0 Å². The smallest absolute Gasteiger partial charge is 0.132 e. The maximum absolute atomic E-state index is 11.1. The molecule has 0 aromatic rings. The molecule has 0 heterocycles. The van der Waals surface area contributed by atoms with Crippen molar-refractivity contribution in [3.63, 3.8) is 0 Å². The molecule has 2 nitrogen and oxygen atoms in total. The van der Waals surface area contributed by atoms with E-state index in [9.17, 15) is 4.79 Å². The molecule has 0 saturated heterocycles. The predicted molar refractivity (Wildman–Crippen MR) is 51.9 cm³/mol. The van der Waals surface area contributed by atoms with Gasteiger partial charge in [-0.15, -0.1) is 0 Å². The Morgan fingerprint density at radius 3 is 2.33 bits per heavy atom. The van der Waals surface area contributed by atoms with Gasteiger partial charge in [-0.25, -0.2) is 0 Å². The van der Waals surface area contributed by atoms with Crippen molar-refractivity contribution < 1.29 is 4.79 Å². The van der Waals surface area contributed by atoms with Gasteiger partial charge in [0.15, 0.2) is 0 Å². The van der Waals surface area contributed by atoms with Crippen molar-refractivity contribution in [3.05, 3.63) is 0 Å². The minimum absolute atomic E-state index is 0.244. The average molecular weight is 171 g/mol. The quantitative estimate of drug-likeness (QED) is 0.664. The first-order valence-corrected chi connectivity index (χ1v) is 4.78. The number of hydrogen-bond donors (Lipinski definition) is 1. The van der Waals surface area contributed by atoms with Crippen LogP contribution < -0.4 is 5.73 Å². The first-order chi connectivity index (χ1) is 5.57. The number of hydrogen-bond acceptors (Lipinski definition) is 2. The molecule has 0 aliphatic carbocycles. The first-order valence-electron chi connectivity index (χ1n) is 4.78. The summed E-state index contributed by atoms with van der Waals surface area (Å²) in [5, 5.41) is 0. The maximum Gasteiger partial charge on any atom is 0.132 e. The molecule has 0 aliphatic heterocycles. The SMILES string of the molecule is CC(=O)[C@@H](CCCN)CC(C)C. The fraction of sp³-hybridized carbons (Fsp3) is 0.900. The maximum atomic E-state index is 11.1. The number of carbonyl (C=O) groups is 1. The highest BCUT2D eigenvalue weighted by atomic mass is 16.1. The van der Waals surface area contributed by atoms with E-state index in [1.54, 1.807) is 6.92 Å². The molecule has 0 rings (SSSR count). The average Bonchev–Trinajstić information content (AvgIpc) is 1.96. The summed E-state index contributed by atoms with van der Waals surface area (Å²) in [6, 6.07) is 0. The second-order valence-electron chi connectivity index (χ2n) is 3.87. The first kappa shape index (κ1) is 11.6. The van der Waals surface area contributed by atoms with Gasteiger partial charge in [0, 0.05) is 5.92 Å². The lowest BCUT2D eigenvalue weighted by Gasteiger charge is -2.15. The molecule has 0 bridgehead atoms. The summed E-state index contributed by atoms with van der Waals surface area (Å²) < 4.78 is 0. The van der Waals surface area contributed by atoms with E-state index in [1.165, 1.54) is 0 Å². The molecule has 0 saturated carbocycles. The molecule has 0 fully saturated rings. The summed E-state index contributed by atoms with van der Waals surface area (Å²) in [5.74, 6) is 1.17. The summed E-state index contributed by atoms with van der Waals surface area (Å²) in [6.45, 7) is 6.68. The van der Waals surface area contributed by atoms with Gasteiger partial charge in [0.25, 0.3) is 0 Å². The van der Waals surface area contributed by atoms with Gasteiger partial charge in [-0.2, -0.15) is 0 Å². The van der Waals surface area contributed by atoms with E-state index >= 15 is 0 Å². The van der Waals surface area contributed by atoms with Crippen molar-refractivity contribution in [1.82, 2.24) is 0 Å². The van der Waals surface area contributed by atoms with Crippen LogP contribution in [0.3, 0.4) is 0 Å². The van der Waals surface area contributed by atoms with E-state index in [0.717, 1.165) is 19.3 Å². The Hall–Kier alpha value is -0.370. The third-order valence-corrected chi connectivity index (χ3v) is 2.09. The largest absolute Gasteiger partial charge is 0.330 e. The lowest BCUT2D eigenvalue weighted by Crippen LogP contribution is -2.15. The van der Waals surface area contributed by atoms with Gasteiger partial charge in [0.1, 0.15) is 5.78 Å². The molecular weight excluding hydrogens is 150 g/mol. The van der Waals surface area contributed by atoms with Crippen LogP contribution in [0.15, 0.2) is 0 Å². The molecular formula is C10H21NO. The molecule has 2 N–H and O–H groups in total. The monoisotopic (exact) mass is 171 g/mol. The lowest BCUT2D eigenvalue weighted by molar-refractivity contribution is -0.121. The molecule has 0 aromatic heterocycles. The normalized spacial score (nSPS) is 13.4. The van der Waals surface area contributed by atoms with Crippen molar-refractivity contribution in [3.8, 4) is 0 Å². The molecule has 0 spiro atoms. The van der Waals surface area contributed by atoms with Gasteiger partial charge in [0.2, 0.25) is 0 Å². The van der Waals surface area contributed by atoms with Crippen molar-refractivity contribution in [2.24, 2.45) is 17.6 Å². The molecule has 1 atom stereocenters. The summed E-state index contributed by atoms with van der Waals surface area (Å²) in [6.07, 6.45) is 2.94. The lowest BCUT2D eigenvalue weighted by atomic mass is 9.90. The number of Topliss-reactive ketones (excluding diaryl/α,β-unsaturated/α-hetero) is 1. The third-order valence-electron chi connectivity index (χ3n) is 2.09. The predicted octanol–water partition coefficient (Wildman–Crippen LogP) is 1.98. The Morgan fingerprint density at radius 1 is 1.42 bits per heavy atom. The van der Waals surface area contributed by atoms with E-state index < -0.39 is 0 Å². The fourth-order valence-electron chi connectivity index (χ4n) is 1.42. The van der Waals surface area contributed by atoms with Crippen molar-refractivity contribution >= 4 is 5.78 Å². The van der Waals surface area contributed by atoms with Crippen LogP contribution in [0, 0.1) is 11.8 Å². The van der Waals surface area contributed by atoms with Gasteiger partial charge in [0.05, 0.1) is 0 Å². The van der Waals surface area contributed by atoms with Crippen molar-refractivity contribution in [2.75, 3.05) is 6.54 Å². The minimum atomic E-state index is 0.244. The van der Waals surface area contributed by atoms with Gasteiger partial charge >= 0.3 is 0 Å². The van der Waals surface area contributed by atoms with E-state index in [1.807, 2.05) is 0 Å². The highest BCUT2D eigenvalue weighted by molar-refractivity contribution is 5.78. The second kappa shape index (κ2) is 6.18. The number of carbonyl (C=O) groups excluding carboxylic acids is 1. The zero-order valence-electron chi connectivity index (χ0n) is 8.47. The van der Waals surface area contributed by atoms with E-state index in [4.69, 9.17) is 5.73 Å². The Bertz CT molecular complexity index is 132. The number of rotatable bonds is 6. The van der Waals surface area contributed by atoms with Crippen molar-refractivity contribution in [1.29, 1.82) is 0 Å². The molecule has 0 amide bonds. The van der Waals surface area contributed by atoms with Crippen molar-refractivity contribution in [2.45, 2.75) is 40.0 Å². The molecule has 0 unspecified atom stereocenters. The van der Waals surface area contributed by atoms with Crippen LogP contribution in [-0.2, 0) is 4.79 Å². The minimum Gasteiger partial charge on any atom is -0.330 e. The summed E-state index contributed by atoms with van der Waals surface area (Å²) in [7, 11) is 0. The topological polar surface area (TPSA) is 43.1 Å². The zero-order chi connectivity index (χ0) is 9.56. The third kappa shape index (κ3) is 5.30. The van der Waals surface area contributed by atoms with Gasteiger partial charge in [-0.1, -0.05) is 13.8 Å². The number of nitrogens with two attached hydrogens (primary N) is 1. The molecule has 12 heavy (non-hydrogen) atoms. The Morgan fingerprint density at radius 2 is 2.00 bits per heavy atom. The number of ketones is 1. The van der Waals surface area contributed by atoms with Crippen LogP contribution in [0.1, 0.15) is 40.0 Å². The van der Waals surface area contributed by atoms with Crippen LogP contribution in [0.25, 0.3) is 0 Å². The van der Waals surface area contributed by atoms with Gasteiger partial charge < -0.3 is 5.73 Å². The molecule has 0 radical (unpaired) electrons. The molecule has 72 valence electrons. The van der Waals surface area contributed by atoms with Crippen LogP contribution in [-0.4, -0.2) is 12.3 Å². The molecule has 0 aromatic carbocycles. The van der Waals surface area contributed by atoms with E-state index in [-0.39, 0.29) is 5.92 Å². The Balaban J connectivity index is 3.78. The van der Waals surface area contributed by atoms with E-state index in [0.29, 0.717) is 18.2 Å². The van der Waals surface area contributed by atoms with Crippen LogP contribution >= 0.6 is 0 Å². The summed E-state index contributed by atoms with van der Waals surface area (Å²) in [5.41, 5.74) is 5.40. The Labute approximate surface area is 75.5 Å². The highest BCUT2D eigenvalue weighted by Crippen LogP contribution is 2.17. The summed E-state index contributed by atoms with van der Waals surface area (Å²) in [4.78, 5) is 11.1. The Kier molecular flexibility index (Phi) is 5.99. The van der Waals surface area contributed by atoms with Gasteiger partial charge in [-0.3, -0.25) is 4.79 Å². The standard InChI is InChI=1S/C10H21NO/c1-8(2)7-10(9(3)12)5-4-6-11/h8,10H,4-7,11H2,1-3H3/t10-/m0/s1. The second-order valence-corrected chi connectivity index (χ2v) is 3.87. The fourth-order valence-corrected chi connectivity index (χ4v) is 1.42. The van der Waals surface area contributed by atoms with Crippen LogP contribution in [0.5, 0.6) is 0 Å². The highest BCUT2D eigenvalue weighted by Gasteiger charge is 2.14. The molecule has 2 heteroatoms. The molecule has 0 aliphatic rings. The van der Waals surface area contributed by atoms with Crippen LogP contribution in [0.2, 0.25) is 0 Å². The van der Waals surface area contributed by atoms with E-state index in [2.05, 4.69) is 13.8 Å². The zero-order valence-corrected chi connectivity index (χ0v) is 8.47. The summed E-state index contributed by atoms with van der Waals surface area (Å²) >= 11 is 0. The van der Waals surface area contributed by atoms with Gasteiger partial charge in [-0.05, 0) is 38.6 Å².